The van der Waals surface area contributed by atoms with Crippen LogP contribution in [0.25, 0.3) is 0 Å². The average molecular weight is 254 g/mol. The topological polar surface area (TPSA) is 45.2 Å². The Labute approximate surface area is 106 Å². The molecule has 1 saturated heterocycles. The Morgan fingerprint density at radius 1 is 1.71 bits per heavy atom. The van der Waals surface area contributed by atoms with Crippen LogP contribution in [0.3, 0.4) is 0 Å². The molecule has 2 heterocycles. The first-order valence-corrected chi connectivity index (χ1v) is 6.13. The van der Waals surface area contributed by atoms with E-state index in [2.05, 4.69) is 10.3 Å². The van der Waals surface area contributed by atoms with E-state index in [-0.39, 0.29) is 11.1 Å². The van der Waals surface area contributed by atoms with E-state index in [0.717, 1.165) is 26.1 Å². The molecule has 1 aromatic heterocycles. The van der Waals surface area contributed by atoms with Crippen molar-refractivity contribution in [3.8, 4) is 0 Å². The Balaban J connectivity index is 2.01. The minimum atomic E-state index is -0.0602. The van der Waals surface area contributed by atoms with Gasteiger partial charge >= 0.3 is 0 Å². The van der Waals surface area contributed by atoms with E-state index < -0.39 is 0 Å². The van der Waals surface area contributed by atoms with Crippen LogP contribution < -0.4 is 5.32 Å². The van der Waals surface area contributed by atoms with Gasteiger partial charge in [-0.3, -0.25) is 4.79 Å². The quantitative estimate of drug-likeness (QED) is 0.829. The van der Waals surface area contributed by atoms with E-state index in [0.29, 0.717) is 11.5 Å². The van der Waals surface area contributed by atoms with Crippen LogP contribution in [0.5, 0.6) is 0 Å². The maximum absolute atomic E-state index is 12.1. The fraction of sp³-hybridized carbons (Fsp3) is 0.500. The van der Waals surface area contributed by atoms with Crippen LogP contribution in [0.4, 0.5) is 0 Å². The molecule has 1 aliphatic rings. The van der Waals surface area contributed by atoms with Crippen LogP contribution in [-0.4, -0.2) is 42.5 Å². The highest BCUT2D eigenvalue weighted by atomic mass is 35.5. The summed E-state index contributed by atoms with van der Waals surface area (Å²) in [5.74, 6) is 0.481. The Morgan fingerprint density at radius 2 is 2.53 bits per heavy atom. The summed E-state index contributed by atoms with van der Waals surface area (Å²) in [5.41, 5.74) is 0.475. The Kier molecular flexibility index (Phi) is 3.97. The van der Waals surface area contributed by atoms with Crippen molar-refractivity contribution in [2.24, 2.45) is 5.92 Å². The van der Waals surface area contributed by atoms with Crippen molar-refractivity contribution in [2.45, 2.75) is 6.42 Å². The highest BCUT2D eigenvalue weighted by Gasteiger charge is 2.21. The third-order valence-corrected chi connectivity index (χ3v) is 3.33. The number of halogens is 1. The molecule has 0 spiro atoms. The van der Waals surface area contributed by atoms with Crippen molar-refractivity contribution in [2.75, 3.05) is 26.7 Å². The van der Waals surface area contributed by atoms with E-state index >= 15 is 0 Å². The normalized spacial score (nSPS) is 19.3. The lowest BCUT2D eigenvalue weighted by Crippen LogP contribution is -2.32. The number of nitrogens with one attached hydrogen (secondary N) is 1. The van der Waals surface area contributed by atoms with Gasteiger partial charge in [0.1, 0.15) is 5.15 Å². The number of pyridine rings is 1. The van der Waals surface area contributed by atoms with Gasteiger partial charge in [0.05, 0.1) is 5.56 Å². The van der Waals surface area contributed by atoms with Crippen LogP contribution in [-0.2, 0) is 0 Å². The van der Waals surface area contributed by atoms with Gasteiger partial charge in [-0.25, -0.2) is 4.98 Å². The molecule has 0 bridgehead atoms. The molecule has 0 saturated carbocycles. The van der Waals surface area contributed by atoms with Crippen molar-refractivity contribution in [1.82, 2.24) is 15.2 Å². The minimum Gasteiger partial charge on any atom is -0.341 e. The fourth-order valence-corrected chi connectivity index (χ4v) is 2.29. The molecule has 2 rings (SSSR count). The highest BCUT2D eigenvalue weighted by Crippen LogP contribution is 2.15. The van der Waals surface area contributed by atoms with Gasteiger partial charge in [0, 0.05) is 19.8 Å². The first-order valence-electron chi connectivity index (χ1n) is 5.75. The lowest BCUT2D eigenvalue weighted by molar-refractivity contribution is 0.0776. The van der Waals surface area contributed by atoms with E-state index in [4.69, 9.17) is 11.6 Å². The molecule has 1 N–H and O–H groups in total. The molecule has 92 valence electrons. The molecule has 1 aliphatic heterocycles. The molecule has 0 aliphatic carbocycles. The Bertz CT molecular complexity index is 404. The zero-order valence-electron chi connectivity index (χ0n) is 9.82. The molecular weight excluding hydrogens is 238 g/mol. The first-order chi connectivity index (χ1) is 8.18. The van der Waals surface area contributed by atoms with Crippen molar-refractivity contribution in [3.05, 3.63) is 29.0 Å². The van der Waals surface area contributed by atoms with Crippen LogP contribution in [0.1, 0.15) is 16.8 Å². The van der Waals surface area contributed by atoms with Crippen LogP contribution in [0.2, 0.25) is 5.15 Å². The Hall–Kier alpha value is -1.13. The van der Waals surface area contributed by atoms with E-state index in [1.807, 2.05) is 7.05 Å². The summed E-state index contributed by atoms with van der Waals surface area (Å²) < 4.78 is 0. The molecule has 1 aromatic rings. The number of nitrogens with zero attached hydrogens (tertiary/aromatic N) is 2. The molecule has 1 atom stereocenters. The molecule has 1 fully saturated rings. The standard InChI is InChI=1S/C12H16ClN3O/c1-16(8-9-4-6-14-7-9)12(17)10-3-2-5-15-11(10)13/h2-3,5,9,14H,4,6-8H2,1H3/t9-/m1/s1. The van der Waals surface area contributed by atoms with Crippen molar-refractivity contribution in [1.29, 1.82) is 0 Å². The first kappa shape index (κ1) is 12.3. The van der Waals surface area contributed by atoms with E-state index in [1.54, 1.807) is 23.2 Å². The summed E-state index contributed by atoms with van der Waals surface area (Å²) >= 11 is 5.91. The number of amides is 1. The van der Waals surface area contributed by atoms with Gasteiger partial charge in [-0.2, -0.15) is 0 Å². The minimum absolute atomic E-state index is 0.0602. The van der Waals surface area contributed by atoms with Crippen LogP contribution in [0, 0.1) is 5.92 Å². The second-order valence-electron chi connectivity index (χ2n) is 4.39. The highest BCUT2D eigenvalue weighted by molar-refractivity contribution is 6.32. The maximum atomic E-state index is 12.1. The van der Waals surface area contributed by atoms with Crippen molar-refractivity contribution >= 4 is 17.5 Å². The Morgan fingerprint density at radius 3 is 3.18 bits per heavy atom. The fourth-order valence-electron chi connectivity index (χ4n) is 2.09. The van der Waals surface area contributed by atoms with Gasteiger partial charge < -0.3 is 10.2 Å². The van der Waals surface area contributed by atoms with Gasteiger partial charge in [-0.05, 0) is 37.6 Å². The van der Waals surface area contributed by atoms with Gasteiger partial charge in [-0.1, -0.05) is 11.6 Å². The van der Waals surface area contributed by atoms with E-state index in [9.17, 15) is 4.79 Å². The second-order valence-corrected chi connectivity index (χ2v) is 4.74. The summed E-state index contributed by atoms with van der Waals surface area (Å²) in [5, 5.41) is 3.56. The summed E-state index contributed by atoms with van der Waals surface area (Å²) in [6.07, 6.45) is 2.71. The number of hydrogen-bond acceptors (Lipinski definition) is 3. The van der Waals surface area contributed by atoms with Crippen molar-refractivity contribution < 1.29 is 4.79 Å². The molecule has 0 radical (unpaired) electrons. The average Bonchev–Trinajstić information content (AvgIpc) is 2.81. The third kappa shape index (κ3) is 2.96. The zero-order valence-corrected chi connectivity index (χ0v) is 10.6. The lowest BCUT2D eigenvalue weighted by atomic mass is 10.1. The molecule has 5 heteroatoms. The van der Waals surface area contributed by atoms with Gasteiger partial charge in [0.2, 0.25) is 0 Å². The van der Waals surface area contributed by atoms with Crippen molar-refractivity contribution in [3.63, 3.8) is 0 Å². The van der Waals surface area contributed by atoms with Crippen LogP contribution >= 0.6 is 11.6 Å². The van der Waals surface area contributed by atoms with Gasteiger partial charge in [-0.15, -0.1) is 0 Å². The zero-order chi connectivity index (χ0) is 12.3. The number of carbonyl (C=O) groups is 1. The monoisotopic (exact) mass is 253 g/mol. The number of aromatic nitrogens is 1. The second kappa shape index (κ2) is 5.47. The molecule has 0 unspecified atom stereocenters. The summed E-state index contributed by atoms with van der Waals surface area (Å²) in [4.78, 5) is 17.8. The van der Waals surface area contributed by atoms with Gasteiger partial charge in [0.15, 0.2) is 0 Å². The van der Waals surface area contributed by atoms with Crippen LogP contribution in [0.15, 0.2) is 18.3 Å². The number of carbonyl (C=O) groups excluding carboxylic acids is 1. The molecule has 0 aromatic carbocycles. The SMILES string of the molecule is CN(C[C@@H]1CCNC1)C(=O)c1cccnc1Cl. The summed E-state index contributed by atoms with van der Waals surface area (Å²) in [6, 6.07) is 3.44. The third-order valence-electron chi connectivity index (χ3n) is 3.03. The number of rotatable bonds is 3. The predicted molar refractivity (Wildman–Crippen MR) is 67.2 cm³/mol. The predicted octanol–water partition coefficient (Wildman–Crippen LogP) is 1.42. The smallest absolute Gasteiger partial charge is 0.256 e. The van der Waals surface area contributed by atoms with Gasteiger partial charge in [0.25, 0.3) is 5.91 Å². The maximum Gasteiger partial charge on any atom is 0.256 e. The summed E-state index contributed by atoms with van der Waals surface area (Å²) in [6.45, 7) is 2.79. The number of hydrogen-bond donors (Lipinski definition) is 1. The molecule has 1 amide bonds. The lowest BCUT2D eigenvalue weighted by Gasteiger charge is -2.21. The van der Waals surface area contributed by atoms with E-state index in [1.165, 1.54) is 0 Å². The molecule has 4 nitrogen and oxygen atoms in total. The molecular formula is C12H16ClN3O. The largest absolute Gasteiger partial charge is 0.341 e. The molecule has 17 heavy (non-hydrogen) atoms. The summed E-state index contributed by atoms with van der Waals surface area (Å²) in [7, 11) is 1.81.